The molecule has 8 heteroatoms. The van der Waals surface area contributed by atoms with Crippen LogP contribution in [0.1, 0.15) is 37.7 Å². The van der Waals surface area contributed by atoms with E-state index in [9.17, 15) is 22.8 Å². The van der Waals surface area contributed by atoms with Crippen LogP contribution in [0.25, 0.3) is 17.0 Å². The molecule has 1 heterocycles. The van der Waals surface area contributed by atoms with E-state index in [1.54, 1.807) is 36.4 Å². The maximum Gasteiger partial charge on any atom is 0.453 e. The zero-order valence-electron chi connectivity index (χ0n) is 20.3. The predicted octanol–water partition coefficient (Wildman–Crippen LogP) is 7.52. The molecule has 5 nitrogen and oxygen atoms in total. The largest absolute Gasteiger partial charge is 0.453 e. The Hall–Kier alpha value is -4.33. The zero-order valence-corrected chi connectivity index (χ0v) is 20.3. The lowest BCUT2D eigenvalue weighted by Crippen LogP contribution is -2.16. The molecule has 37 heavy (non-hydrogen) atoms. The minimum absolute atomic E-state index is 0.0564. The highest BCUT2D eigenvalue weighted by molar-refractivity contribution is 5.89. The number of hydrogen-bond acceptors (Lipinski definition) is 5. The molecule has 0 saturated heterocycles. The zero-order chi connectivity index (χ0) is 26.8. The molecular formula is C29H23F3O5. The van der Waals surface area contributed by atoms with Gasteiger partial charge in [0, 0.05) is 12.1 Å². The summed E-state index contributed by atoms with van der Waals surface area (Å²) in [7, 11) is 0. The molecule has 1 aromatic heterocycles. The Kier molecular flexibility index (Phi) is 6.94. The van der Waals surface area contributed by atoms with Gasteiger partial charge in [0.05, 0.1) is 5.39 Å². The van der Waals surface area contributed by atoms with Gasteiger partial charge in [0.15, 0.2) is 0 Å². The van der Waals surface area contributed by atoms with Crippen LogP contribution in [0.3, 0.4) is 0 Å². The summed E-state index contributed by atoms with van der Waals surface area (Å²) in [5.74, 6) is -3.34. The Bertz CT molecular complexity index is 1510. The Balaban J connectivity index is 1.66. The summed E-state index contributed by atoms with van der Waals surface area (Å²) >= 11 is 0. The standard InChI is InChI=1S/C29H23F3O5/c1-28(2,3)19-10-12-20(13-11-19)36-26-25(34)22-15-14-21(17-23(22)37-27(26)29(30,31)32)35-24(33)16-9-18-7-5-4-6-8-18/h4-17H,1-3H3. The third-order valence-electron chi connectivity index (χ3n) is 5.45. The number of halogens is 3. The van der Waals surface area contributed by atoms with Crippen LogP contribution >= 0.6 is 0 Å². The smallest absolute Gasteiger partial charge is 0.449 e. The minimum atomic E-state index is -5.01. The van der Waals surface area contributed by atoms with Gasteiger partial charge in [0.1, 0.15) is 17.1 Å². The maximum absolute atomic E-state index is 13.8. The summed E-state index contributed by atoms with van der Waals surface area (Å²) in [5, 5.41) is -0.158. The van der Waals surface area contributed by atoms with Crippen LogP contribution in [0.2, 0.25) is 0 Å². The normalized spacial score (nSPS) is 12.2. The molecule has 0 atom stereocenters. The van der Waals surface area contributed by atoms with Gasteiger partial charge in [-0.15, -0.1) is 0 Å². The summed E-state index contributed by atoms with van der Waals surface area (Å²) in [6, 6.07) is 19.0. The molecule has 0 aliphatic heterocycles. The van der Waals surface area contributed by atoms with Gasteiger partial charge in [-0.2, -0.15) is 13.2 Å². The minimum Gasteiger partial charge on any atom is -0.449 e. The van der Waals surface area contributed by atoms with Crippen molar-refractivity contribution in [1.82, 2.24) is 0 Å². The quantitative estimate of drug-likeness (QED) is 0.158. The summed E-state index contributed by atoms with van der Waals surface area (Å²) in [5.41, 5.74) is 0.137. The molecule has 0 amide bonds. The molecule has 4 aromatic rings. The van der Waals surface area contributed by atoms with E-state index in [0.29, 0.717) is 0 Å². The van der Waals surface area contributed by atoms with Crippen LogP contribution in [-0.4, -0.2) is 5.97 Å². The van der Waals surface area contributed by atoms with Gasteiger partial charge < -0.3 is 13.9 Å². The van der Waals surface area contributed by atoms with Crippen molar-refractivity contribution in [3.8, 4) is 17.2 Å². The Morgan fingerprint density at radius 1 is 0.892 bits per heavy atom. The van der Waals surface area contributed by atoms with E-state index in [1.165, 1.54) is 36.4 Å². The summed E-state index contributed by atoms with van der Waals surface area (Å²) < 4.78 is 57.2. The third-order valence-corrected chi connectivity index (χ3v) is 5.45. The fraction of sp³-hybridized carbons (Fsp3) is 0.172. The van der Waals surface area contributed by atoms with E-state index in [0.717, 1.165) is 17.2 Å². The van der Waals surface area contributed by atoms with Crippen LogP contribution in [0, 0.1) is 0 Å². The van der Waals surface area contributed by atoms with Crippen molar-refractivity contribution >= 4 is 23.0 Å². The van der Waals surface area contributed by atoms with Gasteiger partial charge in [-0.25, -0.2) is 4.79 Å². The van der Waals surface area contributed by atoms with Gasteiger partial charge in [0.25, 0.3) is 5.76 Å². The van der Waals surface area contributed by atoms with E-state index in [-0.39, 0.29) is 22.3 Å². The second kappa shape index (κ2) is 9.97. The van der Waals surface area contributed by atoms with Crippen molar-refractivity contribution < 1.29 is 31.9 Å². The van der Waals surface area contributed by atoms with Crippen LogP contribution in [0.15, 0.2) is 88.1 Å². The average Bonchev–Trinajstić information content (AvgIpc) is 2.84. The molecule has 0 saturated carbocycles. The number of fused-ring (bicyclic) bond motifs is 1. The second-order valence-corrected chi connectivity index (χ2v) is 9.29. The lowest BCUT2D eigenvalue weighted by Gasteiger charge is -2.19. The first-order chi connectivity index (χ1) is 17.4. The number of esters is 1. The molecule has 0 radical (unpaired) electrons. The van der Waals surface area contributed by atoms with Gasteiger partial charge in [-0.05, 0) is 46.9 Å². The first kappa shape index (κ1) is 25.8. The van der Waals surface area contributed by atoms with Gasteiger partial charge >= 0.3 is 12.1 Å². The number of hydrogen-bond donors (Lipinski definition) is 0. The predicted molar refractivity (Wildman–Crippen MR) is 134 cm³/mol. The topological polar surface area (TPSA) is 65.7 Å². The number of carbonyl (C=O) groups is 1. The molecule has 0 spiro atoms. The molecule has 190 valence electrons. The maximum atomic E-state index is 13.8. The molecule has 0 aliphatic carbocycles. The van der Waals surface area contributed by atoms with E-state index in [4.69, 9.17) is 13.9 Å². The Morgan fingerprint density at radius 2 is 1.54 bits per heavy atom. The molecule has 3 aromatic carbocycles. The van der Waals surface area contributed by atoms with E-state index in [1.807, 2.05) is 26.8 Å². The van der Waals surface area contributed by atoms with Gasteiger partial charge in [-0.3, -0.25) is 4.79 Å². The SMILES string of the molecule is CC(C)(C)c1ccc(Oc2c(C(F)(F)F)oc3cc(OC(=O)C=Cc4ccccc4)ccc3c2=O)cc1. The second-order valence-electron chi connectivity index (χ2n) is 9.29. The van der Waals surface area contributed by atoms with Crippen molar-refractivity contribution in [3.63, 3.8) is 0 Å². The number of rotatable bonds is 5. The van der Waals surface area contributed by atoms with Crippen molar-refractivity contribution in [2.75, 3.05) is 0 Å². The van der Waals surface area contributed by atoms with E-state index < -0.39 is 34.7 Å². The van der Waals surface area contributed by atoms with Gasteiger partial charge in [0.2, 0.25) is 11.2 Å². The highest BCUT2D eigenvalue weighted by atomic mass is 19.4. The lowest BCUT2D eigenvalue weighted by molar-refractivity contribution is -0.154. The van der Waals surface area contributed by atoms with Crippen LogP contribution in [0.5, 0.6) is 17.2 Å². The fourth-order valence-corrected chi connectivity index (χ4v) is 3.52. The Labute approximate surface area is 210 Å². The number of benzene rings is 3. The highest BCUT2D eigenvalue weighted by Gasteiger charge is 2.40. The van der Waals surface area contributed by atoms with Crippen molar-refractivity contribution in [2.24, 2.45) is 0 Å². The third kappa shape index (κ3) is 6.09. The van der Waals surface area contributed by atoms with Crippen molar-refractivity contribution in [3.05, 3.63) is 106 Å². The molecule has 0 fully saturated rings. The van der Waals surface area contributed by atoms with Crippen LogP contribution in [-0.2, 0) is 16.4 Å². The van der Waals surface area contributed by atoms with Crippen molar-refractivity contribution in [1.29, 1.82) is 0 Å². The van der Waals surface area contributed by atoms with Crippen LogP contribution in [0.4, 0.5) is 13.2 Å². The Morgan fingerprint density at radius 3 is 2.16 bits per heavy atom. The molecule has 0 N–H and O–H groups in total. The number of ether oxygens (including phenoxy) is 2. The lowest BCUT2D eigenvalue weighted by atomic mass is 9.87. The first-order valence-corrected chi connectivity index (χ1v) is 11.3. The fourth-order valence-electron chi connectivity index (χ4n) is 3.52. The van der Waals surface area contributed by atoms with Crippen molar-refractivity contribution in [2.45, 2.75) is 32.4 Å². The van der Waals surface area contributed by atoms with Crippen LogP contribution < -0.4 is 14.9 Å². The number of alkyl halides is 3. The average molecular weight is 508 g/mol. The molecule has 0 bridgehead atoms. The highest BCUT2D eigenvalue weighted by Crippen LogP contribution is 2.39. The summed E-state index contributed by atoms with van der Waals surface area (Å²) in [6.07, 6.45) is -2.30. The van der Waals surface area contributed by atoms with Gasteiger partial charge in [-0.1, -0.05) is 63.2 Å². The monoisotopic (exact) mass is 508 g/mol. The summed E-state index contributed by atoms with van der Waals surface area (Å²) in [4.78, 5) is 25.2. The summed E-state index contributed by atoms with van der Waals surface area (Å²) in [6.45, 7) is 5.98. The molecule has 0 aliphatic rings. The first-order valence-electron chi connectivity index (χ1n) is 11.3. The molecule has 4 rings (SSSR count). The number of carbonyl (C=O) groups excluding carboxylic acids is 1. The molecule has 0 unspecified atom stereocenters. The van der Waals surface area contributed by atoms with E-state index >= 15 is 0 Å². The van der Waals surface area contributed by atoms with E-state index in [2.05, 4.69) is 0 Å². The molecular weight excluding hydrogens is 485 g/mol.